The Morgan fingerprint density at radius 3 is 2.57 bits per heavy atom. The van der Waals surface area contributed by atoms with E-state index in [1.54, 1.807) is 7.05 Å². The average molecular weight is 338 g/mol. The van der Waals surface area contributed by atoms with Crippen molar-refractivity contribution < 1.29 is 17.2 Å². The molecule has 0 aliphatic rings. The second-order valence-corrected chi connectivity index (χ2v) is 6.78. The van der Waals surface area contributed by atoms with Crippen LogP contribution in [0.4, 0.5) is 8.78 Å². The lowest BCUT2D eigenvalue weighted by molar-refractivity contribution is 0.576. The van der Waals surface area contributed by atoms with E-state index in [-0.39, 0.29) is 16.0 Å². The molecule has 3 aromatic rings. The Morgan fingerprint density at radius 1 is 1.22 bits per heavy atom. The monoisotopic (exact) mass is 338 g/mol. The van der Waals surface area contributed by atoms with Gasteiger partial charge >= 0.3 is 0 Å². The highest BCUT2D eigenvalue weighted by Gasteiger charge is 2.28. The van der Waals surface area contributed by atoms with Crippen molar-refractivity contribution in [2.45, 2.75) is 11.8 Å². The SMILES string of the molecule is Cc1cn(S(=O)(=O)c2cnn(C)c2)c(-c2cccnc2F)c1F. The highest BCUT2D eigenvalue weighted by atomic mass is 32.2. The van der Waals surface area contributed by atoms with E-state index in [1.807, 2.05) is 0 Å². The van der Waals surface area contributed by atoms with Gasteiger partial charge in [-0.25, -0.2) is 21.8 Å². The van der Waals surface area contributed by atoms with Crippen molar-refractivity contribution in [3.63, 3.8) is 0 Å². The van der Waals surface area contributed by atoms with Crippen molar-refractivity contribution in [3.8, 4) is 11.3 Å². The van der Waals surface area contributed by atoms with E-state index in [0.717, 1.165) is 16.4 Å². The van der Waals surface area contributed by atoms with Crippen LogP contribution in [0.25, 0.3) is 11.3 Å². The van der Waals surface area contributed by atoms with Gasteiger partial charge in [-0.3, -0.25) is 4.68 Å². The summed E-state index contributed by atoms with van der Waals surface area (Å²) in [4.78, 5) is 3.32. The fourth-order valence-electron chi connectivity index (χ4n) is 2.22. The Morgan fingerprint density at radius 2 is 1.96 bits per heavy atom. The Kier molecular flexibility index (Phi) is 3.52. The largest absolute Gasteiger partial charge is 0.274 e. The van der Waals surface area contributed by atoms with E-state index in [1.165, 1.54) is 36.1 Å². The van der Waals surface area contributed by atoms with Crippen LogP contribution in [0.1, 0.15) is 5.56 Å². The Hall–Kier alpha value is -2.55. The molecule has 0 atom stereocenters. The summed E-state index contributed by atoms with van der Waals surface area (Å²) in [7, 11) is -2.56. The highest BCUT2D eigenvalue weighted by molar-refractivity contribution is 7.90. The topological polar surface area (TPSA) is 69.8 Å². The van der Waals surface area contributed by atoms with Crippen molar-refractivity contribution >= 4 is 10.0 Å². The minimum absolute atomic E-state index is 0.0794. The third-order valence-corrected chi connectivity index (χ3v) is 4.95. The number of hydrogen-bond donors (Lipinski definition) is 0. The van der Waals surface area contributed by atoms with E-state index in [0.29, 0.717) is 0 Å². The van der Waals surface area contributed by atoms with Gasteiger partial charge in [0.05, 0.1) is 11.8 Å². The van der Waals surface area contributed by atoms with Crippen LogP contribution >= 0.6 is 0 Å². The molecule has 3 aromatic heterocycles. The van der Waals surface area contributed by atoms with E-state index in [4.69, 9.17) is 0 Å². The lowest BCUT2D eigenvalue weighted by Gasteiger charge is -2.09. The Bertz CT molecular complexity index is 992. The molecule has 0 radical (unpaired) electrons. The summed E-state index contributed by atoms with van der Waals surface area (Å²) in [6.07, 6.45) is 4.74. The van der Waals surface area contributed by atoms with Crippen molar-refractivity contribution in [3.05, 3.63) is 54.2 Å². The van der Waals surface area contributed by atoms with Crippen LogP contribution in [0.5, 0.6) is 0 Å². The number of aryl methyl sites for hydroxylation is 2. The molecule has 3 rings (SSSR count). The molecule has 0 unspecified atom stereocenters. The second kappa shape index (κ2) is 5.27. The number of rotatable bonds is 3. The molecular formula is C14H12F2N4O2S. The lowest BCUT2D eigenvalue weighted by atomic mass is 10.2. The summed E-state index contributed by atoms with van der Waals surface area (Å²) in [6.45, 7) is 1.41. The molecule has 120 valence electrons. The van der Waals surface area contributed by atoms with Crippen LogP contribution in [0.15, 0.2) is 41.8 Å². The maximum atomic E-state index is 14.4. The lowest BCUT2D eigenvalue weighted by Crippen LogP contribution is -2.13. The molecule has 0 aromatic carbocycles. The summed E-state index contributed by atoms with van der Waals surface area (Å²) in [5.41, 5.74) is -0.543. The fourth-order valence-corrected chi connectivity index (χ4v) is 3.62. The fraction of sp³-hybridized carbons (Fsp3) is 0.143. The summed E-state index contributed by atoms with van der Waals surface area (Å²) >= 11 is 0. The molecule has 0 amide bonds. The van der Waals surface area contributed by atoms with Crippen LogP contribution < -0.4 is 0 Å². The normalized spacial score (nSPS) is 11.8. The van der Waals surface area contributed by atoms with Crippen molar-refractivity contribution in [1.82, 2.24) is 18.7 Å². The molecule has 0 saturated carbocycles. The van der Waals surface area contributed by atoms with E-state index in [2.05, 4.69) is 10.1 Å². The highest BCUT2D eigenvalue weighted by Crippen LogP contribution is 2.31. The molecule has 0 bridgehead atoms. The van der Waals surface area contributed by atoms with E-state index < -0.39 is 27.5 Å². The van der Waals surface area contributed by atoms with Gasteiger partial charge in [0.2, 0.25) is 5.95 Å². The molecule has 3 heterocycles. The van der Waals surface area contributed by atoms with Gasteiger partial charge in [0.1, 0.15) is 10.6 Å². The average Bonchev–Trinajstić information content (AvgIpc) is 3.06. The van der Waals surface area contributed by atoms with Crippen molar-refractivity contribution in [2.24, 2.45) is 7.05 Å². The summed E-state index contributed by atoms with van der Waals surface area (Å²) in [5, 5.41) is 3.80. The van der Waals surface area contributed by atoms with Crippen LogP contribution in [-0.4, -0.2) is 27.2 Å². The first-order valence-electron chi connectivity index (χ1n) is 6.55. The zero-order chi connectivity index (χ0) is 16.8. The van der Waals surface area contributed by atoms with Gasteiger partial charge in [-0.2, -0.15) is 9.49 Å². The zero-order valence-electron chi connectivity index (χ0n) is 12.2. The first-order chi connectivity index (χ1) is 10.8. The quantitative estimate of drug-likeness (QED) is 0.686. The summed E-state index contributed by atoms with van der Waals surface area (Å²) < 4.78 is 55.8. The molecule has 0 aliphatic heterocycles. The predicted octanol–water partition coefficient (Wildman–Crippen LogP) is 2.11. The van der Waals surface area contributed by atoms with Crippen molar-refractivity contribution in [2.75, 3.05) is 0 Å². The van der Waals surface area contributed by atoms with Gasteiger partial charge in [0, 0.05) is 31.2 Å². The van der Waals surface area contributed by atoms with Gasteiger partial charge in [0.25, 0.3) is 10.0 Å². The number of nitrogens with zero attached hydrogens (tertiary/aromatic N) is 4. The molecule has 0 aliphatic carbocycles. The van der Waals surface area contributed by atoms with Crippen molar-refractivity contribution in [1.29, 1.82) is 0 Å². The minimum atomic E-state index is -4.12. The first-order valence-corrected chi connectivity index (χ1v) is 7.99. The zero-order valence-corrected chi connectivity index (χ0v) is 13.1. The molecule has 0 spiro atoms. The van der Waals surface area contributed by atoms with E-state index in [9.17, 15) is 17.2 Å². The second-order valence-electron chi connectivity index (χ2n) is 4.97. The molecule has 6 nitrogen and oxygen atoms in total. The predicted molar refractivity (Wildman–Crippen MR) is 78.1 cm³/mol. The molecular weight excluding hydrogens is 326 g/mol. The minimum Gasteiger partial charge on any atom is -0.274 e. The van der Waals surface area contributed by atoms with Gasteiger partial charge in [-0.05, 0) is 19.1 Å². The van der Waals surface area contributed by atoms with Gasteiger partial charge in [-0.15, -0.1) is 0 Å². The third-order valence-electron chi connectivity index (χ3n) is 3.34. The Labute approximate surface area is 131 Å². The van der Waals surface area contributed by atoms with Gasteiger partial charge in [-0.1, -0.05) is 0 Å². The smallest absolute Gasteiger partial charge is 0.271 e. The summed E-state index contributed by atoms with van der Waals surface area (Å²) in [6, 6.07) is 2.68. The molecule has 0 N–H and O–H groups in total. The van der Waals surface area contributed by atoms with Gasteiger partial charge in [0.15, 0.2) is 5.82 Å². The molecule has 0 fully saturated rings. The number of pyridine rings is 1. The summed E-state index contributed by atoms with van der Waals surface area (Å²) in [5.74, 6) is -1.77. The number of halogens is 2. The maximum absolute atomic E-state index is 14.4. The third kappa shape index (κ3) is 2.42. The first kappa shape index (κ1) is 15.3. The van der Waals surface area contributed by atoms with Crippen LogP contribution in [-0.2, 0) is 17.1 Å². The Balaban J connectivity index is 2.30. The van der Waals surface area contributed by atoms with Crippen LogP contribution in [0.2, 0.25) is 0 Å². The number of hydrogen-bond acceptors (Lipinski definition) is 4. The standard InChI is InChI=1S/C14H12F2N4O2S/c1-9-7-20(23(21,22)10-6-18-19(2)8-10)13(12(9)15)11-4-3-5-17-14(11)16/h3-8H,1-2H3. The van der Waals surface area contributed by atoms with E-state index >= 15 is 0 Å². The van der Waals surface area contributed by atoms with Crippen LogP contribution in [0, 0.1) is 18.7 Å². The van der Waals surface area contributed by atoms with Gasteiger partial charge < -0.3 is 0 Å². The molecule has 9 heteroatoms. The van der Waals surface area contributed by atoms with Crippen LogP contribution in [0.3, 0.4) is 0 Å². The molecule has 0 saturated heterocycles. The number of aromatic nitrogens is 4. The maximum Gasteiger partial charge on any atom is 0.271 e. The molecule has 23 heavy (non-hydrogen) atoms.